The largest absolute Gasteiger partial charge is 0.394 e. The van der Waals surface area contributed by atoms with E-state index in [1.165, 1.54) is 19.3 Å². The van der Waals surface area contributed by atoms with Crippen molar-refractivity contribution in [3.8, 4) is 0 Å². The van der Waals surface area contributed by atoms with Crippen molar-refractivity contribution < 1.29 is 9.84 Å². The van der Waals surface area contributed by atoms with Gasteiger partial charge in [-0.1, -0.05) is 0 Å². The maximum Gasteiger partial charge on any atom is 0.0698 e. The van der Waals surface area contributed by atoms with Crippen LogP contribution in [0.25, 0.3) is 0 Å². The molecule has 4 heteroatoms. The molecule has 0 saturated carbocycles. The number of aliphatic hydroxyl groups excluding tert-OH is 1. The van der Waals surface area contributed by atoms with Crippen LogP contribution in [0.15, 0.2) is 0 Å². The Labute approximate surface area is 86.0 Å². The van der Waals surface area contributed by atoms with Gasteiger partial charge in [-0.05, 0) is 32.4 Å². The van der Waals surface area contributed by atoms with Crippen LogP contribution in [0.1, 0.15) is 19.3 Å². The minimum Gasteiger partial charge on any atom is -0.394 e. The van der Waals surface area contributed by atoms with Gasteiger partial charge in [0.25, 0.3) is 0 Å². The van der Waals surface area contributed by atoms with Gasteiger partial charge in [0.05, 0.1) is 19.8 Å². The Morgan fingerprint density at radius 1 is 1.29 bits per heavy atom. The summed E-state index contributed by atoms with van der Waals surface area (Å²) in [5.41, 5.74) is 0. The van der Waals surface area contributed by atoms with E-state index in [1.807, 2.05) is 0 Å². The summed E-state index contributed by atoms with van der Waals surface area (Å²) in [4.78, 5) is 0. The van der Waals surface area contributed by atoms with Gasteiger partial charge in [-0.2, -0.15) is 0 Å². The maximum atomic E-state index is 8.50. The fourth-order valence-electron chi connectivity index (χ4n) is 1.73. The van der Waals surface area contributed by atoms with Gasteiger partial charge in [-0.25, -0.2) is 0 Å². The highest BCUT2D eigenvalue weighted by molar-refractivity contribution is 4.72. The van der Waals surface area contributed by atoms with E-state index >= 15 is 0 Å². The Balaban J connectivity index is 1.93. The van der Waals surface area contributed by atoms with E-state index in [2.05, 4.69) is 10.6 Å². The minimum absolute atomic E-state index is 0.118. The number of hydrogen-bond donors (Lipinski definition) is 3. The van der Waals surface area contributed by atoms with Crippen molar-refractivity contribution in [1.29, 1.82) is 0 Å². The van der Waals surface area contributed by atoms with Crippen molar-refractivity contribution >= 4 is 0 Å². The third-order valence-corrected chi connectivity index (χ3v) is 2.49. The van der Waals surface area contributed by atoms with E-state index in [-0.39, 0.29) is 6.61 Å². The molecule has 0 radical (unpaired) electrons. The second-order valence-electron chi connectivity index (χ2n) is 3.67. The maximum absolute atomic E-state index is 8.50. The van der Waals surface area contributed by atoms with E-state index in [4.69, 9.17) is 9.84 Å². The molecule has 0 aromatic heterocycles. The molecular formula is C10H22N2O2. The van der Waals surface area contributed by atoms with Gasteiger partial charge in [0.2, 0.25) is 0 Å². The van der Waals surface area contributed by atoms with E-state index in [9.17, 15) is 0 Å². The summed E-state index contributed by atoms with van der Waals surface area (Å²) >= 11 is 0. The minimum atomic E-state index is 0.118. The molecule has 1 saturated heterocycles. The van der Waals surface area contributed by atoms with Crippen LogP contribution in [0.5, 0.6) is 0 Å². The molecule has 1 aliphatic heterocycles. The van der Waals surface area contributed by atoms with Gasteiger partial charge in [-0.15, -0.1) is 0 Å². The van der Waals surface area contributed by atoms with Gasteiger partial charge in [0.15, 0.2) is 0 Å². The lowest BCUT2D eigenvalue weighted by Gasteiger charge is -2.15. The molecule has 1 fully saturated rings. The molecule has 0 aliphatic carbocycles. The summed E-state index contributed by atoms with van der Waals surface area (Å²) in [5.74, 6) is 0. The fourth-order valence-corrected chi connectivity index (χ4v) is 1.73. The first-order chi connectivity index (χ1) is 6.93. The van der Waals surface area contributed by atoms with Gasteiger partial charge >= 0.3 is 0 Å². The van der Waals surface area contributed by atoms with E-state index in [0.29, 0.717) is 19.3 Å². The zero-order chi connectivity index (χ0) is 10.1. The number of hydrogen-bond acceptors (Lipinski definition) is 4. The summed E-state index contributed by atoms with van der Waals surface area (Å²) in [6.07, 6.45) is 3.72. The molecule has 1 rings (SSSR count). The lowest BCUT2D eigenvalue weighted by atomic mass is 10.1. The van der Waals surface area contributed by atoms with Crippen molar-refractivity contribution in [2.45, 2.75) is 25.3 Å². The van der Waals surface area contributed by atoms with Crippen LogP contribution in [-0.2, 0) is 4.74 Å². The Morgan fingerprint density at radius 3 is 3.07 bits per heavy atom. The molecule has 1 heterocycles. The van der Waals surface area contributed by atoms with Gasteiger partial charge < -0.3 is 20.5 Å². The summed E-state index contributed by atoms with van der Waals surface area (Å²) in [6, 6.07) is 0.641. The molecule has 4 nitrogen and oxygen atoms in total. The molecule has 14 heavy (non-hydrogen) atoms. The van der Waals surface area contributed by atoms with Gasteiger partial charge in [0, 0.05) is 12.6 Å². The fraction of sp³-hybridized carbons (Fsp3) is 1.00. The Hall–Kier alpha value is -0.160. The zero-order valence-corrected chi connectivity index (χ0v) is 8.80. The average Bonchev–Trinajstić information content (AvgIpc) is 2.46. The first kappa shape index (κ1) is 11.9. The van der Waals surface area contributed by atoms with Crippen LogP contribution in [-0.4, -0.2) is 50.6 Å². The summed E-state index contributed by atoms with van der Waals surface area (Å²) in [5, 5.41) is 15.4. The quantitative estimate of drug-likeness (QED) is 0.519. The molecule has 0 aromatic carbocycles. The average molecular weight is 202 g/mol. The molecule has 0 spiro atoms. The monoisotopic (exact) mass is 202 g/mol. The smallest absolute Gasteiger partial charge is 0.0698 e. The molecule has 1 unspecified atom stereocenters. The van der Waals surface area contributed by atoms with Crippen molar-refractivity contribution in [3.05, 3.63) is 0 Å². The van der Waals surface area contributed by atoms with Crippen LogP contribution < -0.4 is 10.6 Å². The summed E-state index contributed by atoms with van der Waals surface area (Å²) < 4.78 is 5.18. The van der Waals surface area contributed by atoms with E-state index in [0.717, 1.165) is 19.6 Å². The second-order valence-corrected chi connectivity index (χ2v) is 3.67. The summed E-state index contributed by atoms with van der Waals surface area (Å²) in [6.45, 7) is 4.44. The SMILES string of the molecule is OCCOCCNC1CCCNCC1. The zero-order valence-electron chi connectivity index (χ0n) is 8.80. The van der Waals surface area contributed by atoms with E-state index < -0.39 is 0 Å². The normalized spacial score (nSPS) is 23.4. The predicted octanol–water partition coefficient (Wildman–Crippen LogP) is -0.273. The van der Waals surface area contributed by atoms with Crippen molar-refractivity contribution in [2.24, 2.45) is 0 Å². The molecule has 1 atom stereocenters. The van der Waals surface area contributed by atoms with Crippen molar-refractivity contribution in [3.63, 3.8) is 0 Å². The lowest BCUT2D eigenvalue weighted by molar-refractivity contribution is 0.0923. The molecular weight excluding hydrogens is 180 g/mol. The highest BCUT2D eigenvalue weighted by Crippen LogP contribution is 2.03. The second kappa shape index (κ2) is 8.17. The number of nitrogens with one attached hydrogen (secondary N) is 2. The Morgan fingerprint density at radius 2 is 2.21 bits per heavy atom. The van der Waals surface area contributed by atoms with Gasteiger partial charge in [0.1, 0.15) is 0 Å². The Bertz CT molecular complexity index is 125. The molecule has 0 bridgehead atoms. The van der Waals surface area contributed by atoms with Crippen molar-refractivity contribution in [2.75, 3.05) is 39.5 Å². The van der Waals surface area contributed by atoms with E-state index in [1.54, 1.807) is 0 Å². The van der Waals surface area contributed by atoms with Crippen LogP contribution in [0.2, 0.25) is 0 Å². The predicted molar refractivity (Wildman–Crippen MR) is 56.4 cm³/mol. The molecule has 1 aliphatic rings. The van der Waals surface area contributed by atoms with Crippen LogP contribution in [0.4, 0.5) is 0 Å². The van der Waals surface area contributed by atoms with Crippen LogP contribution >= 0.6 is 0 Å². The molecule has 84 valence electrons. The van der Waals surface area contributed by atoms with Gasteiger partial charge in [-0.3, -0.25) is 0 Å². The number of ether oxygens (including phenoxy) is 1. The number of rotatable bonds is 6. The van der Waals surface area contributed by atoms with Crippen LogP contribution in [0, 0.1) is 0 Å². The Kier molecular flexibility index (Phi) is 6.95. The highest BCUT2D eigenvalue weighted by atomic mass is 16.5. The molecule has 0 aromatic rings. The highest BCUT2D eigenvalue weighted by Gasteiger charge is 2.09. The molecule has 3 N–H and O–H groups in total. The standard InChI is InChI=1S/C10H22N2O2/c13-7-9-14-8-6-12-10-2-1-4-11-5-3-10/h10-13H,1-9H2. The third kappa shape index (κ3) is 5.54. The first-order valence-corrected chi connectivity index (χ1v) is 5.56. The number of aliphatic hydroxyl groups is 1. The topological polar surface area (TPSA) is 53.5 Å². The van der Waals surface area contributed by atoms with Crippen molar-refractivity contribution in [1.82, 2.24) is 10.6 Å². The molecule has 0 amide bonds. The summed E-state index contributed by atoms with van der Waals surface area (Å²) in [7, 11) is 0. The third-order valence-electron chi connectivity index (χ3n) is 2.49. The first-order valence-electron chi connectivity index (χ1n) is 5.56. The van der Waals surface area contributed by atoms with Crippen LogP contribution in [0.3, 0.4) is 0 Å². The lowest BCUT2D eigenvalue weighted by Crippen LogP contribution is -2.32.